The van der Waals surface area contributed by atoms with Crippen LogP contribution in [0.2, 0.25) is 0 Å². The van der Waals surface area contributed by atoms with E-state index in [1.807, 2.05) is 24.4 Å². The zero-order valence-electron chi connectivity index (χ0n) is 13.7. The molecule has 1 aromatic carbocycles. The summed E-state index contributed by atoms with van der Waals surface area (Å²) in [5.41, 5.74) is 8.45. The lowest BCUT2D eigenvalue weighted by atomic mass is 10.1. The van der Waals surface area contributed by atoms with Gasteiger partial charge in [-0.3, -0.25) is 9.78 Å². The van der Waals surface area contributed by atoms with Crippen LogP contribution in [-0.4, -0.2) is 15.9 Å². The number of aryl methyl sites for hydroxylation is 1. The molecule has 0 atom stereocenters. The third-order valence-corrected chi connectivity index (χ3v) is 4.36. The van der Waals surface area contributed by atoms with Crippen LogP contribution in [0, 0.1) is 6.92 Å². The van der Waals surface area contributed by atoms with E-state index in [4.69, 9.17) is 10.5 Å². The summed E-state index contributed by atoms with van der Waals surface area (Å²) < 4.78 is 5.77. The van der Waals surface area contributed by atoms with Crippen LogP contribution in [-0.2, 0) is 13.2 Å². The number of aromatic nitrogens is 2. The van der Waals surface area contributed by atoms with Crippen molar-refractivity contribution in [3.05, 3.63) is 69.9 Å². The van der Waals surface area contributed by atoms with E-state index < -0.39 is 5.91 Å². The number of nitrogens with one attached hydrogen (secondary N) is 1. The van der Waals surface area contributed by atoms with Gasteiger partial charge >= 0.3 is 0 Å². The highest BCUT2D eigenvalue weighted by Gasteiger charge is 2.10. The fraction of sp³-hybridized carbons (Fsp3) is 0.167. The van der Waals surface area contributed by atoms with Gasteiger partial charge < -0.3 is 15.8 Å². The summed E-state index contributed by atoms with van der Waals surface area (Å²) >= 11 is 1.59. The second-order valence-electron chi connectivity index (χ2n) is 5.43. The Hall–Kier alpha value is -2.93. The molecule has 128 valence electrons. The average Bonchev–Trinajstić information content (AvgIpc) is 3.04. The number of nitrogens with zero attached hydrogens (tertiary/aromatic N) is 2. The largest absolute Gasteiger partial charge is 0.487 e. The maximum Gasteiger partial charge on any atom is 0.250 e. The Morgan fingerprint density at radius 2 is 2.08 bits per heavy atom. The van der Waals surface area contributed by atoms with Crippen molar-refractivity contribution < 1.29 is 9.53 Å². The molecule has 3 rings (SSSR count). The van der Waals surface area contributed by atoms with Gasteiger partial charge in [-0.25, -0.2) is 4.98 Å². The molecule has 0 fully saturated rings. The van der Waals surface area contributed by atoms with E-state index in [2.05, 4.69) is 15.3 Å². The fourth-order valence-corrected chi connectivity index (χ4v) is 2.90. The van der Waals surface area contributed by atoms with Gasteiger partial charge in [-0.2, -0.15) is 0 Å². The predicted molar refractivity (Wildman–Crippen MR) is 97.7 cm³/mol. The smallest absolute Gasteiger partial charge is 0.250 e. The van der Waals surface area contributed by atoms with Crippen LogP contribution >= 0.6 is 11.3 Å². The molecule has 0 saturated carbocycles. The lowest BCUT2D eigenvalue weighted by Gasteiger charge is -2.13. The number of thiazole rings is 1. The Kier molecular flexibility index (Phi) is 5.25. The van der Waals surface area contributed by atoms with Gasteiger partial charge in [0.15, 0.2) is 0 Å². The van der Waals surface area contributed by atoms with E-state index in [1.54, 1.807) is 41.9 Å². The molecule has 25 heavy (non-hydrogen) atoms. The van der Waals surface area contributed by atoms with Gasteiger partial charge in [-0.05, 0) is 36.8 Å². The SMILES string of the molecule is Cc1nc(COc2ccc(C(N)=O)c(NCc3ccncc3)c2)cs1. The molecule has 3 N–H and O–H groups in total. The molecule has 6 nitrogen and oxygen atoms in total. The number of carbonyl (C=O) groups is 1. The molecular formula is C18H18N4O2S. The first-order valence-corrected chi connectivity index (χ1v) is 8.60. The van der Waals surface area contributed by atoms with Crippen molar-refractivity contribution in [2.75, 3.05) is 5.32 Å². The van der Waals surface area contributed by atoms with Gasteiger partial charge in [0, 0.05) is 30.4 Å². The average molecular weight is 354 g/mol. The highest BCUT2D eigenvalue weighted by Crippen LogP contribution is 2.24. The predicted octanol–water partition coefficient (Wildman–Crippen LogP) is 3.14. The Labute approximate surface area is 149 Å². The molecule has 2 aromatic heterocycles. The lowest BCUT2D eigenvalue weighted by molar-refractivity contribution is 0.100. The minimum Gasteiger partial charge on any atom is -0.487 e. The lowest BCUT2D eigenvalue weighted by Crippen LogP contribution is -2.14. The van der Waals surface area contributed by atoms with Crippen molar-refractivity contribution in [1.29, 1.82) is 0 Å². The minimum absolute atomic E-state index is 0.379. The van der Waals surface area contributed by atoms with Gasteiger partial charge in [-0.1, -0.05) is 0 Å². The van der Waals surface area contributed by atoms with Crippen molar-refractivity contribution in [1.82, 2.24) is 9.97 Å². The Balaban J connectivity index is 1.73. The monoisotopic (exact) mass is 354 g/mol. The number of amides is 1. The van der Waals surface area contributed by atoms with E-state index in [1.165, 1.54) is 0 Å². The molecular weight excluding hydrogens is 336 g/mol. The molecule has 0 radical (unpaired) electrons. The third kappa shape index (κ3) is 4.54. The van der Waals surface area contributed by atoms with Crippen LogP contribution in [0.15, 0.2) is 48.1 Å². The standard InChI is InChI=1S/C18H18N4O2S/c1-12-22-14(11-25-12)10-24-15-2-3-16(18(19)23)17(8-15)21-9-13-4-6-20-7-5-13/h2-8,11,21H,9-10H2,1H3,(H2,19,23). The van der Waals surface area contributed by atoms with Gasteiger partial charge in [0.2, 0.25) is 0 Å². The number of primary amides is 1. The molecule has 0 aliphatic carbocycles. The maximum atomic E-state index is 11.6. The van der Waals surface area contributed by atoms with E-state index >= 15 is 0 Å². The number of benzene rings is 1. The van der Waals surface area contributed by atoms with Crippen molar-refractivity contribution >= 4 is 22.9 Å². The quantitative estimate of drug-likeness (QED) is 0.680. The van der Waals surface area contributed by atoms with E-state index in [9.17, 15) is 4.79 Å². The van der Waals surface area contributed by atoms with E-state index in [0.717, 1.165) is 16.3 Å². The molecule has 0 bridgehead atoms. The molecule has 0 aliphatic rings. The summed E-state index contributed by atoms with van der Waals surface area (Å²) in [6.07, 6.45) is 3.45. The normalized spacial score (nSPS) is 10.4. The molecule has 0 unspecified atom stereocenters. The second kappa shape index (κ2) is 7.76. The van der Waals surface area contributed by atoms with Crippen LogP contribution in [0.25, 0.3) is 0 Å². The Morgan fingerprint density at radius 1 is 1.28 bits per heavy atom. The molecule has 0 saturated heterocycles. The van der Waals surface area contributed by atoms with Crippen molar-refractivity contribution in [2.24, 2.45) is 5.73 Å². The number of rotatable bonds is 7. The summed E-state index contributed by atoms with van der Waals surface area (Å²) in [7, 11) is 0. The highest BCUT2D eigenvalue weighted by atomic mass is 32.1. The molecule has 1 amide bonds. The van der Waals surface area contributed by atoms with Gasteiger partial charge in [0.1, 0.15) is 12.4 Å². The third-order valence-electron chi connectivity index (χ3n) is 3.54. The van der Waals surface area contributed by atoms with Crippen LogP contribution in [0.1, 0.15) is 26.6 Å². The van der Waals surface area contributed by atoms with Crippen molar-refractivity contribution in [2.45, 2.75) is 20.1 Å². The highest BCUT2D eigenvalue weighted by molar-refractivity contribution is 7.09. The van der Waals surface area contributed by atoms with Crippen molar-refractivity contribution in [3.8, 4) is 5.75 Å². The van der Waals surface area contributed by atoms with Crippen molar-refractivity contribution in [3.63, 3.8) is 0 Å². The topological polar surface area (TPSA) is 90.1 Å². The van der Waals surface area contributed by atoms with Gasteiger partial charge in [0.05, 0.1) is 22.0 Å². The molecule has 0 spiro atoms. The summed E-state index contributed by atoms with van der Waals surface area (Å²) in [4.78, 5) is 20.0. The van der Waals surface area contributed by atoms with Gasteiger partial charge in [0.25, 0.3) is 5.91 Å². The second-order valence-corrected chi connectivity index (χ2v) is 6.49. The van der Waals surface area contributed by atoms with Crippen LogP contribution in [0.3, 0.4) is 0 Å². The fourth-order valence-electron chi connectivity index (χ4n) is 2.30. The number of carbonyl (C=O) groups excluding carboxylic acids is 1. The first kappa shape index (κ1) is 16.9. The van der Waals surface area contributed by atoms with Crippen LogP contribution in [0.4, 0.5) is 5.69 Å². The number of hydrogen-bond donors (Lipinski definition) is 2. The summed E-state index contributed by atoms with van der Waals surface area (Å²) in [6.45, 7) is 2.89. The number of ether oxygens (including phenoxy) is 1. The van der Waals surface area contributed by atoms with E-state index in [0.29, 0.717) is 30.2 Å². The van der Waals surface area contributed by atoms with E-state index in [-0.39, 0.29) is 0 Å². The van der Waals surface area contributed by atoms with Crippen LogP contribution in [0.5, 0.6) is 5.75 Å². The minimum atomic E-state index is -0.487. The first-order chi connectivity index (χ1) is 12.1. The summed E-state index contributed by atoms with van der Waals surface area (Å²) in [5, 5.41) is 6.20. The first-order valence-electron chi connectivity index (χ1n) is 7.72. The molecule has 0 aliphatic heterocycles. The Bertz CT molecular complexity index is 865. The maximum absolute atomic E-state index is 11.6. The number of anilines is 1. The Morgan fingerprint density at radius 3 is 2.76 bits per heavy atom. The molecule has 7 heteroatoms. The molecule has 3 aromatic rings. The zero-order chi connectivity index (χ0) is 17.6. The van der Waals surface area contributed by atoms with Crippen LogP contribution < -0.4 is 15.8 Å². The van der Waals surface area contributed by atoms with Gasteiger partial charge in [-0.15, -0.1) is 11.3 Å². The summed E-state index contributed by atoms with van der Waals surface area (Å²) in [5.74, 6) is 0.159. The number of pyridine rings is 1. The number of nitrogens with two attached hydrogens (primary N) is 1. The zero-order valence-corrected chi connectivity index (χ0v) is 14.5. The summed E-state index contributed by atoms with van der Waals surface area (Å²) in [6, 6.07) is 8.99. The number of hydrogen-bond acceptors (Lipinski definition) is 6. The molecule has 2 heterocycles.